The van der Waals surface area contributed by atoms with Gasteiger partial charge in [0.2, 0.25) is 5.90 Å². The Hall–Kier alpha value is -2.40. The Morgan fingerprint density at radius 3 is 2.57 bits per heavy atom. The van der Waals surface area contributed by atoms with Crippen LogP contribution in [0.3, 0.4) is 0 Å². The highest BCUT2D eigenvalue weighted by atomic mass is 32.1. The maximum absolute atomic E-state index is 12.0. The molecule has 3 rings (SSSR count). The molecule has 0 spiro atoms. The Morgan fingerprint density at radius 2 is 1.91 bits per heavy atom. The molecular formula is C18H18N2O2S. The van der Waals surface area contributed by atoms with Gasteiger partial charge in [0.1, 0.15) is 0 Å². The molecule has 0 bridgehead atoms. The molecule has 0 saturated carbocycles. The number of aliphatic imine (C=N–C) groups is 1. The maximum atomic E-state index is 12.0. The number of benzene rings is 1. The molecule has 2 aromatic rings. The van der Waals surface area contributed by atoms with Gasteiger partial charge < -0.3 is 9.64 Å². The Kier molecular flexibility index (Phi) is 4.05. The number of cyclic esters (lactones) is 1. The van der Waals surface area contributed by atoms with E-state index < -0.39 is 5.97 Å². The smallest absolute Gasteiger partial charge is 0.363 e. The van der Waals surface area contributed by atoms with Crippen molar-refractivity contribution in [3.05, 3.63) is 57.6 Å². The lowest BCUT2D eigenvalue weighted by atomic mass is 10.1. The van der Waals surface area contributed by atoms with Crippen LogP contribution in [-0.4, -0.2) is 26.0 Å². The lowest BCUT2D eigenvalue weighted by Gasteiger charge is -2.06. The van der Waals surface area contributed by atoms with Gasteiger partial charge >= 0.3 is 5.97 Å². The third kappa shape index (κ3) is 3.19. The van der Waals surface area contributed by atoms with E-state index in [1.807, 2.05) is 63.2 Å². The first-order valence-electron chi connectivity index (χ1n) is 7.31. The van der Waals surface area contributed by atoms with Gasteiger partial charge in [-0.3, -0.25) is 0 Å². The highest BCUT2D eigenvalue weighted by Gasteiger charge is 2.24. The van der Waals surface area contributed by atoms with E-state index in [0.717, 1.165) is 21.0 Å². The number of thiophene rings is 1. The van der Waals surface area contributed by atoms with Crippen LogP contribution in [0.1, 0.15) is 21.6 Å². The van der Waals surface area contributed by atoms with Gasteiger partial charge in [0.25, 0.3) is 0 Å². The average molecular weight is 326 g/mol. The van der Waals surface area contributed by atoms with E-state index in [1.54, 1.807) is 17.4 Å². The van der Waals surface area contributed by atoms with E-state index in [2.05, 4.69) is 4.99 Å². The fourth-order valence-corrected chi connectivity index (χ4v) is 3.07. The summed E-state index contributed by atoms with van der Waals surface area (Å²) in [5.74, 6) is -0.0354. The minimum Gasteiger partial charge on any atom is -0.402 e. The molecular weight excluding hydrogens is 308 g/mol. The zero-order valence-corrected chi connectivity index (χ0v) is 14.4. The predicted molar refractivity (Wildman–Crippen MR) is 95.2 cm³/mol. The lowest BCUT2D eigenvalue weighted by Crippen LogP contribution is -2.05. The van der Waals surface area contributed by atoms with Crippen molar-refractivity contribution >= 4 is 34.3 Å². The third-order valence-corrected chi connectivity index (χ3v) is 4.91. The second-order valence-corrected chi connectivity index (χ2v) is 6.80. The molecule has 1 aliphatic rings. The van der Waals surface area contributed by atoms with Gasteiger partial charge in [-0.15, -0.1) is 11.3 Å². The summed E-state index contributed by atoms with van der Waals surface area (Å²) in [7, 11) is 3.98. The SMILES string of the molecule is Cc1ccc(C2=N/C(=C/c3ccc(N(C)C)s3)C(=O)O2)cc1C. The molecule has 1 aliphatic heterocycles. The normalized spacial score (nSPS) is 15.7. The van der Waals surface area contributed by atoms with Crippen LogP contribution in [0, 0.1) is 13.8 Å². The van der Waals surface area contributed by atoms with Crippen LogP contribution in [-0.2, 0) is 9.53 Å². The molecule has 0 unspecified atom stereocenters. The topological polar surface area (TPSA) is 41.9 Å². The Labute approximate surface area is 139 Å². The van der Waals surface area contributed by atoms with Crippen LogP contribution < -0.4 is 4.90 Å². The Morgan fingerprint density at radius 1 is 1.13 bits per heavy atom. The summed E-state index contributed by atoms with van der Waals surface area (Å²) in [5, 5.41) is 1.13. The first-order chi connectivity index (χ1) is 10.9. The molecule has 0 saturated heterocycles. The second kappa shape index (κ2) is 6.01. The van der Waals surface area contributed by atoms with Crippen LogP contribution in [0.2, 0.25) is 0 Å². The van der Waals surface area contributed by atoms with E-state index >= 15 is 0 Å². The van der Waals surface area contributed by atoms with E-state index in [-0.39, 0.29) is 0 Å². The number of hydrogen-bond donors (Lipinski definition) is 0. The molecule has 5 heteroatoms. The van der Waals surface area contributed by atoms with Gasteiger partial charge in [-0.2, -0.15) is 0 Å². The third-order valence-electron chi connectivity index (χ3n) is 3.71. The summed E-state index contributed by atoms with van der Waals surface area (Å²) in [5.41, 5.74) is 3.51. The molecule has 0 aliphatic carbocycles. The van der Waals surface area contributed by atoms with Gasteiger partial charge in [-0.25, -0.2) is 9.79 Å². The molecule has 1 aromatic carbocycles. The molecule has 118 valence electrons. The predicted octanol–water partition coefficient (Wildman–Crippen LogP) is 3.78. The van der Waals surface area contributed by atoms with Gasteiger partial charge in [-0.05, 0) is 55.3 Å². The molecule has 0 radical (unpaired) electrons. The van der Waals surface area contributed by atoms with Crippen LogP contribution in [0.15, 0.2) is 41.0 Å². The Balaban J connectivity index is 1.91. The minimum atomic E-state index is -0.405. The largest absolute Gasteiger partial charge is 0.402 e. The van der Waals surface area contributed by atoms with Crippen molar-refractivity contribution in [1.82, 2.24) is 0 Å². The first-order valence-corrected chi connectivity index (χ1v) is 8.13. The second-order valence-electron chi connectivity index (χ2n) is 5.71. The summed E-state index contributed by atoms with van der Waals surface area (Å²) >= 11 is 1.60. The number of ether oxygens (including phenoxy) is 1. The average Bonchev–Trinajstić information content (AvgIpc) is 3.10. The summed E-state index contributed by atoms with van der Waals surface area (Å²) in [6, 6.07) is 9.91. The standard InChI is InChI=1S/C18H18N2O2S/c1-11-5-6-13(9-12(11)2)17-19-15(18(21)22-17)10-14-7-8-16(23-14)20(3)4/h5-10H,1-4H3/b15-10+. The van der Waals surface area contributed by atoms with Gasteiger partial charge in [0.05, 0.1) is 5.00 Å². The van der Waals surface area contributed by atoms with Gasteiger partial charge in [0.15, 0.2) is 5.70 Å². The molecule has 0 N–H and O–H groups in total. The van der Waals surface area contributed by atoms with Crippen molar-refractivity contribution in [3.8, 4) is 0 Å². The quantitative estimate of drug-likeness (QED) is 0.637. The van der Waals surface area contributed by atoms with Crippen molar-refractivity contribution in [2.45, 2.75) is 13.8 Å². The zero-order valence-electron chi connectivity index (χ0n) is 13.6. The number of carbonyl (C=O) groups is 1. The van der Waals surface area contributed by atoms with Gasteiger partial charge in [-0.1, -0.05) is 6.07 Å². The summed E-state index contributed by atoms with van der Waals surface area (Å²) in [6.45, 7) is 4.08. The first kappa shape index (κ1) is 15.5. The fraction of sp³-hybridized carbons (Fsp3) is 0.222. The number of nitrogens with zero attached hydrogens (tertiary/aromatic N) is 2. The highest BCUT2D eigenvalue weighted by Crippen LogP contribution is 2.28. The van der Waals surface area contributed by atoms with Crippen molar-refractivity contribution in [2.24, 2.45) is 4.99 Å². The number of aryl methyl sites for hydroxylation is 2. The molecule has 0 atom stereocenters. The number of esters is 1. The van der Waals surface area contributed by atoms with Crippen molar-refractivity contribution in [1.29, 1.82) is 0 Å². The number of rotatable bonds is 3. The fourth-order valence-electron chi connectivity index (χ4n) is 2.20. The van der Waals surface area contributed by atoms with E-state index in [0.29, 0.717) is 11.6 Å². The monoisotopic (exact) mass is 326 g/mol. The number of carbonyl (C=O) groups excluding carboxylic acids is 1. The minimum absolute atomic E-state index is 0.338. The summed E-state index contributed by atoms with van der Waals surface area (Å²) < 4.78 is 5.32. The lowest BCUT2D eigenvalue weighted by molar-refractivity contribution is -0.129. The summed E-state index contributed by atoms with van der Waals surface area (Å²) in [4.78, 5) is 19.4. The zero-order chi connectivity index (χ0) is 16.6. The summed E-state index contributed by atoms with van der Waals surface area (Å²) in [6.07, 6.45) is 1.77. The molecule has 0 amide bonds. The van der Waals surface area contributed by atoms with E-state index in [4.69, 9.17) is 4.74 Å². The Bertz CT molecular complexity index is 831. The molecule has 1 aromatic heterocycles. The van der Waals surface area contributed by atoms with Crippen LogP contribution in [0.25, 0.3) is 6.08 Å². The van der Waals surface area contributed by atoms with Crippen molar-refractivity contribution in [2.75, 3.05) is 19.0 Å². The van der Waals surface area contributed by atoms with Gasteiger partial charge in [0, 0.05) is 24.5 Å². The highest BCUT2D eigenvalue weighted by molar-refractivity contribution is 7.16. The molecule has 4 nitrogen and oxygen atoms in total. The van der Waals surface area contributed by atoms with Crippen LogP contribution in [0.4, 0.5) is 5.00 Å². The van der Waals surface area contributed by atoms with Crippen molar-refractivity contribution in [3.63, 3.8) is 0 Å². The van der Waals surface area contributed by atoms with Crippen LogP contribution >= 0.6 is 11.3 Å². The van der Waals surface area contributed by atoms with E-state index in [9.17, 15) is 4.79 Å². The van der Waals surface area contributed by atoms with Crippen LogP contribution in [0.5, 0.6) is 0 Å². The molecule has 2 heterocycles. The molecule has 23 heavy (non-hydrogen) atoms. The number of anilines is 1. The van der Waals surface area contributed by atoms with E-state index in [1.165, 1.54) is 5.56 Å². The molecule has 0 fully saturated rings. The van der Waals surface area contributed by atoms with Crippen molar-refractivity contribution < 1.29 is 9.53 Å². The number of hydrogen-bond acceptors (Lipinski definition) is 5. The maximum Gasteiger partial charge on any atom is 0.363 e.